The number of likely N-dealkylation sites (N-methyl/N-ethyl adjacent to an activating group) is 1. The van der Waals surface area contributed by atoms with Crippen LogP contribution in [0.3, 0.4) is 0 Å². The first-order chi connectivity index (χ1) is 22.2. The number of benzene rings is 2. The number of aromatic nitrogens is 3. The molecule has 0 saturated carbocycles. The summed E-state index contributed by atoms with van der Waals surface area (Å²) >= 11 is 0. The molecule has 0 aliphatic carbocycles. The third kappa shape index (κ3) is 8.19. The van der Waals surface area contributed by atoms with Gasteiger partial charge in [0.1, 0.15) is 5.75 Å². The molecule has 250 valence electrons. The molecule has 2 N–H and O–H groups in total. The van der Waals surface area contributed by atoms with Crippen LogP contribution in [-0.2, 0) is 31.1 Å². The van der Waals surface area contributed by atoms with Crippen LogP contribution in [0.25, 0.3) is 11.0 Å². The number of nitrogens with one attached hydrogen (secondary N) is 2. The van der Waals surface area contributed by atoms with Crippen LogP contribution >= 0.6 is 0 Å². The fraction of sp³-hybridized carbons (Fsp3) is 0.394. The first-order valence-electron chi connectivity index (χ1n) is 15.4. The van der Waals surface area contributed by atoms with Crippen molar-refractivity contribution < 1.29 is 27.5 Å². The SMILES string of the molecule is CCC(=O)Nc1cccc(Oc2nc(Nc3ccc(N(C)[C@H]4CCN(S(C)(=O)=O)C4)cc3)nc3c2ccn3COC(=O)C(C)(C)C)c1. The van der Waals surface area contributed by atoms with Crippen molar-refractivity contribution in [1.82, 2.24) is 18.8 Å². The van der Waals surface area contributed by atoms with E-state index in [1.165, 1.54) is 10.6 Å². The number of ether oxygens (including phenoxy) is 2. The monoisotopic (exact) mass is 663 g/mol. The van der Waals surface area contributed by atoms with Gasteiger partial charge in [0.25, 0.3) is 0 Å². The van der Waals surface area contributed by atoms with E-state index in [2.05, 4.69) is 20.5 Å². The maximum absolute atomic E-state index is 12.5. The molecule has 2 aromatic carbocycles. The van der Waals surface area contributed by atoms with Crippen LogP contribution in [0, 0.1) is 5.41 Å². The predicted octanol–water partition coefficient (Wildman–Crippen LogP) is 5.33. The molecule has 4 aromatic rings. The lowest BCUT2D eigenvalue weighted by atomic mass is 9.98. The van der Waals surface area contributed by atoms with E-state index >= 15 is 0 Å². The lowest BCUT2D eigenvalue weighted by Gasteiger charge is -2.27. The zero-order valence-electron chi connectivity index (χ0n) is 27.5. The lowest BCUT2D eigenvalue weighted by molar-refractivity contribution is -0.156. The van der Waals surface area contributed by atoms with E-state index in [4.69, 9.17) is 14.5 Å². The maximum Gasteiger partial charge on any atom is 0.312 e. The summed E-state index contributed by atoms with van der Waals surface area (Å²) in [4.78, 5) is 35.9. The third-order valence-electron chi connectivity index (χ3n) is 7.86. The number of nitrogens with zero attached hydrogens (tertiary/aromatic N) is 5. The standard InChI is InChI=1S/C33H41N7O6S/c1-7-28(41)34-23-9-8-10-26(19-23)46-30-27-16-17-39(21-45-31(42)33(2,3)4)29(27)36-32(37-30)35-22-11-13-24(14-12-22)38(5)25-15-18-40(20-25)47(6,43)44/h8-14,16-17,19,25H,7,15,18,20-21H2,1-6H3,(H,34,41)(H,35,36,37)/t25-/m0/s1. The summed E-state index contributed by atoms with van der Waals surface area (Å²) in [6, 6.07) is 16.6. The minimum atomic E-state index is -3.22. The molecule has 5 rings (SSSR count). The Labute approximate surface area is 274 Å². The molecule has 47 heavy (non-hydrogen) atoms. The highest BCUT2D eigenvalue weighted by molar-refractivity contribution is 7.88. The average Bonchev–Trinajstić information content (AvgIpc) is 3.68. The average molecular weight is 664 g/mol. The summed E-state index contributed by atoms with van der Waals surface area (Å²) in [5.41, 5.74) is 2.08. The van der Waals surface area contributed by atoms with Crippen LogP contribution in [0.2, 0.25) is 0 Å². The Kier molecular flexibility index (Phi) is 9.73. The van der Waals surface area contributed by atoms with Crippen molar-refractivity contribution >= 4 is 55.9 Å². The fourth-order valence-corrected chi connectivity index (χ4v) is 5.95. The van der Waals surface area contributed by atoms with Crippen molar-refractivity contribution in [3.63, 3.8) is 0 Å². The second-order valence-corrected chi connectivity index (χ2v) is 14.5. The van der Waals surface area contributed by atoms with Gasteiger partial charge in [-0.1, -0.05) is 13.0 Å². The van der Waals surface area contributed by atoms with Gasteiger partial charge in [0.05, 0.1) is 17.1 Å². The minimum Gasteiger partial charge on any atom is -0.443 e. The van der Waals surface area contributed by atoms with Crippen LogP contribution < -0.4 is 20.3 Å². The van der Waals surface area contributed by atoms with Crippen LogP contribution in [-0.4, -0.2) is 71.6 Å². The first-order valence-corrected chi connectivity index (χ1v) is 17.2. The number of esters is 1. The summed E-state index contributed by atoms with van der Waals surface area (Å²) in [6.07, 6.45) is 4.09. The second kappa shape index (κ2) is 13.6. The molecule has 3 heterocycles. The Bertz CT molecular complexity index is 1870. The van der Waals surface area contributed by atoms with Gasteiger partial charge in [-0.15, -0.1) is 0 Å². The highest BCUT2D eigenvalue weighted by Gasteiger charge is 2.31. The molecule has 0 spiro atoms. The Hall–Kier alpha value is -4.69. The van der Waals surface area contributed by atoms with E-state index in [9.17, 15) is 18.0 Å². The molecule has 1 atom stereocenters. The molecule has 2 aromatic heterocycles. The van der Waals surface area contributed by atoms with E-state index in [-0.39, 0.29) is 36.5 Å². The summed E-state index contributed by atoms with van der Waals surface area (Å²) in [6.45, 7) is 8.05. The van der Waals surface area contributed by atoms with Gasteiger partial charge in [-0.25, -0.2) is 12.7 Å². The first kappa shape index (κ1) is 33.7. The zero-order valence-corrected chi connectivity index (χ0v) is 28.3. The molecule has 1 saturated heterocycles. The Morgan fingerprint density at radius 3 is 2.47 bits per heavy atom. The summed E-state index contributed by atoms with van der Waals surface area (Å²) < 4.78 is 39.0. The van der Waals surface area contributed by atoms with Gasteiger partial charge in [0, 0.05) is 61.9 Å². The summed E-state index contributed by atoms with van der Waals surface area (Å²) in [7, 11) is -1.26. The minimum absolute atomic E-state index is 0.0486. The Morgan fingerprint density at radius 2 is 1.81 bits per heavy atom. The van der Waals surface area contributed by atoms with Gasteiger partial charge in [0.2, 0.25) is 27.8 Å². The molecular formula is C33H41N7O6S. The number of rotatable bonds is 11. The van der Waals surface area contributed by atoms with Crippen LogP contribution in [0.4, 0.5) is 23.0 Å². The van der Waals surface area contributed by atoms with E-state index in [0.29, 0.717) is 42.0 Å². The van der Waals surface area contributed by atoms with Crippen molar-refractivity contribution in [2.45, 2.75) is 53.3 Å². The number of anilines is 4. The van der Waals surface area contributed by atoms with Crippen molar-refractivity contribution in [1.29, 1.82) is 0 Å². The van der Waals surface area contributed by atoms with Gasteiger partial charge in [-0.05, 0) is 69.7 Å². The van der Waals surface area contributed by atoms with Gasteiger partial charge < -0.3 is 25.0 Å². The molecule has 0 radical (unpaired) electrons. The van der Waals surface area contributed by atoms with Gasteiger partial charge >= 0.3 is 5.97 Å². The number of hydrogen-bond acceptors (Lipinski definition) is 10. The molecule has 1 amide bonds. The largest absolute Gasteiger partial charge is 0.443 e. The molecule has 1 aliphatic heterocycles. The third-order valence-corrected chi connectivity index (χ3v) is 9.13. The maximum atomic E-state index is 12.5. The number of sulfonamides is 1. The predicted molar refractivity (Wildman–Crippen MR) is 181 cm³/mol. The molecule has 14 heteroatoms. The zero-order chi connectivity index (χ0) is 33.9. The molecular weight excluding hydrogens is 622 g/mol. The number of amides is 1. The quantitative estimate of drug-likeness (QED) is 0.202. The van der Waals surface area contributed by atoms with Gasteiger partial charge in [-0.2, -0.15) is 9.97 Å². The highest BCUT2D eigenvalue weighted by Crippen LogP contribution is 2.32. The van der Waals surface area contributed by atoms with Crippen molar-refractivity contribution in [2.75, 3.05) is 41.9 Å². The van der Waals surface area contributed by atoms with E-state index < -0.39 is 15.4 Å². The fourth-order valence-electron chi connectivity index (χ4n) is 5.07. The molecule has 1 fully saturated rings. The van der Waals surface area contributed by atoms with Crippen molar-refractivity contribution in [2.24, 2.45) is 5.41 Å². The second-order valence-electron chi connectivity index (χ2n) is 12.6. The topological polar surface area (TPSA) is 148 Å². The molecule has 0 bridgehead atoms. The van der Waals surface area contributed by atoms with Crippen LogP contribution in [0.15, 0.2) is 60.8 Å². The van der Waals surface area contributed by atoms with Crippen LogP contribution in [0.1, 0.15) is 40.5 Å². The molecule has 1 aliphatic rings. The Morgan fingerprint density at radius 1 is 1.06 bits per heavy atom. The normalized spacial score (nSPS) is 15.4. The lowest BCUT2D eigenvalue weighted by Crippen LogP contribution is -2.36. The molecule has 0 unspecified atom stereocenters. The van der Waals surface area contributed by atoms with E-state index in [0.717, 1.165) is 17.8 Å². The Balaban J connectivity index is 1.41. The van der Waals surface area contributed by atoms with E-state index in [1.54, 1.807) is 68.8 Å². The summed E-state index contributed by atoms with van der Waals surface area (Å²) in [5, 5.41) is 6.68. The summed E-state index contributed by atoms with van der Waals surface area (Å²) in [5.74, 6) is 0.527. The number of hydrogen-bond donors (Lipinski definition) is 2. The van der Waals surface area contributed by atoms with E-state index in [1.807, 2.05) is 31.3 Å². The van der Waals surface area contributed by atoms with Crippen molar-refractivity contribution in [3.8, 4) is 11.6 Å². The molecule has 13 nitrogen and oxygen atoms in total. The van der Waals surface area contributed by atoms with Gasteiger partial charge in [0.15, 0.2) is 12.4 Å². The van der Waals surface area contributed by atoms with Crippen molar-refractivity contribution in [3.05, 3.63) is 60.8 Å². The highest BCUT2D eigenvalue weighted by atomic mass is 32.2. The number of fused-ring (bicyclic) bond motifs is 1. The van der Waals surface area contributed by atoms with Crippen LogP contribution in [0.5, 0.6) is 11.6 Å². The number of carbonyl (C=O) groups excluding carboxylic acids is 2. The number of carbonyl (C=O) groups is 2. The smallest absolute Gasteiger partial charge is 0.312 e. The van der Waals surface area contributed by atoms with Gasteiger partial charge in [-0.3, -0.25) is 14.2 Å².